The number of hydroxylamine groups is 2. The van der Waals surface area contributed by atoms with E-state index in [9.17, 15) is 53.3 Å². The fourth-order valence-corrected chi connectivity index (χ4v) is 5.31. The van der Waals surface area contributed by atoms with Crippen LogP contribution in [-0.4, -0.2) is 61.7 Å². The average molecular weight is 820 g/mol. The number of carbonyl (C=O) groups is 2. The van der Waals surface area contributed by atoms with Gasteiger partial charge < -0.3 is 30.4 Å². The average Bonchev–Trinajstić information content (AvgIpc) is 3.59. The summed E-state index contributed by atoms with van der Waals surface area (Å²) in [6.45, 7) is 4.64. The molecule has 1 aromatic heterocycles. The Hall–Kier alpha value is -6.74. The predicted octanol–water partition coefficient (Wildman–Crippen LogP) is 3.36. The summed E-state index contributed by atoms with van der Waals surface area (Å²) in [6, 6.07) is 19.7. The number of hydrogen-bond acceptors (Lipinski definition) is 18. The van der Waals surface area contributed by atoms with Gasteiger partial charge in [-0.2, -0.15) is 20.3 Å². The van der Waals surface area contributed by atoms with Crippen LogP contribution < -0.4 is 15.2 Å². The van der Waals surface area contributed by atoms with Crippen molar-refractivity contribution < 1.29 is 55.1 Å². The third kappa shape index (κ3) is 9.13. The number of azo groups is 1. The number of Topliss-reactive ketones (excluding diaryl/α,β-unsaturated/α-hetero) is 1. The van der Waals surface area contributed by atoms with Gasteiger partial charge in [0.2, 0.25) is 5.78 Å². The molecular formula is C33H23CrN10O11S-2. The van der Waals surface area contributed by atoms with Crippen molar-refractivity contribution >= 4 is 61.7 Å². The van der Waals surface area contributed by atoms with Gasteiger partial charge in [0.05, 0.1) is 44.0 Å². The van der Waals surface area contributed by atoms with E-state index in [1.165, 1.54) is 23.7 Å². The van der Waals surface area contributed by atoms with Crippen LogP contribution in [0.25, 0.3) is 5.69 Å². The van der Waals surface area contributed by atoms with Crippen molar-refractivity contribution in [2.24, 2.45) is 25.5 Å². The maximum Gasteiger partial charge on any atom is 3.00 e. The van der Waals surface area contributed by atoms with E-state index in [2.05, 4.69) is 30.6 Å². The molecule has 2 heterocycles. The van der Waals surface area contributed by atoms with Crippen LogP contribution in [0.5, 0.6) is 11.6 Å². The number of allylic oxidation sites excluding steroid dienone is 3. The first-order valence-corrected chi connectivity index (χ1v) is 16.8. The second-order valence-corrected chi connectivity index (χ2v) is 12.6. The zero-order valence-corrected chi connectivity index (χ0v) is 31.0. The van der Waals surface area contributed by atoms with Gasteiger partial charge in [-0.15, -0.1) is 15.3 Å². The van der Waals surface area contributed by atoms with Gasteiger partial charge in [0.25, 0.3) is 5.69 Å². The molecule has 0 saturated heterocycles. The van der Waals surface area contributed by atoms with Gasteiger partial charge >= 0.3 is 23.3 Å². The molecule has 6 rings (SSSR count). The summed E-state index contributed by atoms with van der Waals surface area (Å²) in [5.41, 5.74) is -1.03. The summed E-state index contributed by atoms with van der Waals surface area (Å²) in [7, 11) is -5.10. The second kappa shape index (κ2) is 17.2. The summed E-state index contributed by atoms with van der Waals surface area (Å²) in [6.07, 6.45) is 0.907. The number of nitrogens with zero attached hydrogens (tertiary/aromatic N) is 10. The number of hydrogen-bond donors (Lipinski definition) is 0. The standard InChI is InChI=1S/C17H15N5O4.C16H11N5O7S.Cr/c1-10-8-13(16(23)14(9-10)22(25)26)18-19-15-11(2)20-21(17(15)24)12-6-4-3-5-7-12;1-9-14(16(23)20(19-9)10-5-3-2-4-6-10)18-17-12-7-11(29(26,27)28)8-13(15(12)22)21(24)25;/h3-9,23-24H,1-2H3;2-8H,1H3,(H,26,27,28);/q;-2;+3/p-3. The number of benzene rings is 3. The van der Waals surface area contributed by atoms with Crippen molar-refractivity contribution in [3.8, 4) is 17.3 Å². The van der Waals surface area contributed by atoms with Crippen molar-refractivity contribution in [2.45, 2.75) is 20.8 Å². The molecule has 0 atom stereocenters. The number of para-hydroxylation sites is 2. The van der Waals surface area contributed by atoms with Crippen LogP contribution in [0.1, 0.15) is 18.2 Å². The van der Waals surface area contributed by atoms with Crippen LogP contribution in [0, 0.1) is 34.4 Å². The van der Waals surface area contributed by atoms with E-state index in [1.807, 2.05) is 6.07 Å². The van der Waals surface area contributed by atoms with Crippen molar-refractivity contribution in [2.75, 3.05) is 5.01 Å². The molecule has 3 aromatic carbocycles. The molecule has 1 radical (unpaired) electrons. The largest absolute Gasteiger partial charge is 3.00 e. The molecule has 285 valence electrons. The number of carbonyl (C=O) groups excluding carboxylic acids is 2. The van der Waals surface area contributed by atoms with Crippen LogP contribution in [0.4, 0.5) is 22.7 Å². The van der Waals surface area contributed by atoms with Crippen LogP contribution in [0.2, 0.25) is 0 Å². The van der Waals surface area contributed by atoms with Crippen molar-refractivity contribution in [3.63, 3.8) is 0 Å². The summed E-state index contributed by atoms with van der Waals surface area (Å²) in [5.74, 6) is -3.28. The molecule has 1 aliphatic heterocycles. The van der Waals surface area contributed by atoms with Crippen molar-refractivity contribution in [1.29, 1.82) is 0 Å². The van der Waals surface area contributed by atoms with Gasteiger partial charge in [-0.05, 0) is 68.8 Å². The molecule has 0 N–H and O–H groups in total. The van der Waals surface area contributed by atoms with Gasteiger partial charge in [0.1, 0.15) is 21.5 Å². The SMILES string of the molecule is CC1=NN(c2ccccc2)C(=O)C1=NN=C1C=C(S(=O)(=O)[O-])C=C(N([O-])[O-])C1=O.Cc1cc(N=Nc2c(C)nn(-c3ccccc3)c2[O-])c([O-])c([N+](=O)[O-])c1.[Cr+3]. The van der Waals surface area contributed by atoms with Gasteiger partial charge in [-0.25, -0.2) is 13.1 Å². The minimum absolute atomic E-state index is 0. The molecule has 0 bridgehead atoms. The van der Waals surface area contributed by atoms with Gasteiger partial charge in [-0.3, -0.25) is 19.7 Å². The molecule has 1 aliphatic carbocycles. The first kappa shape index (κ1) is 42.0. The summed E-state index contributed by atoms with van der Waals surface area (Å²) in [5, 5.41) is 80.2. The fraction of sp³-hybridized carbons (Fsp3) is 0.0909. The molecular weight excluding hydrogens is 796 g/mol. The Morgan fingerprint density at radius 2 is 1.46 bits per heavy atom. The second-order valence-electron chi connectivity index (χ2n) is 11.3. The number of aryl methyl sites for hydroxylation is 2. The number of ketones is 1. The van der Waals surface area contributed by atoms with Crippen LogP contribution in [0.3, 0.4) is 0 Å². The normalized spacial score (nSPS) is 15.6. The summed E-state index contributed by atoms with van der Waals surface area (Å²) >= 11 is 0. The van der Waals surface area contributed by atoms with E-state index in [0.717, 1.165) is 5.01 Å². The van der Waals surface area contributed by atoms with Crippen molar-refractivity contribution in [1.82, 2.24) is 15.0 Å². The number of anilines is 1. The third-order valence-electron chi connectivity index (χ3n) is 7.39. The topological polar surface area (TPSA) is 313 Å². The fourth-order valence-electron chi connectivity index (χ4n) is 4.79. The Morgan fingerprint density at radius 1 is 0.857 bits per heavy atom. The maximum atomic E-state index is 12.5. The Morgan fingerprint density at radius 3 is 2.04 bits per heavy atom. The minimum atomic E-state index is -5.10. The Labute approximate surface area is 326 Å². The monoisotopic (exact) mass is 819 g/mol. The zero-order chi connectivity index (χ0) is 40.2. The quantitative estimate of drug-likeness (QED) is 0.0810. The predicted molar refractivity (Wildman–Crippen MR) is 191 cm³/mol. The molecule has 2 aliphatic rings. The Kier molecular flexibility index (Phi) is 12.9. The molecule has 0 saturated carbocycles. The molecule has 21 nitrogen and oxygen atoms in total. The number of hydrazone groups is 1. The number of aromatic nitrogens is 2. The third-order valence-corrected chi connectivity index (χ3v) is 8.20. The van der Waals surface area contributed by atoms with E-state index < -0.39 is 65.6 Å². The first-order valence-electron chi connectivity index (χ1n) is 15.4. The Bertz CT molecular complexity index is 2520. The van der Waals surface area contributed by atoms with Crippen LogP contribution in [-0.2, 0) is 37.1 Å². The smallest absolute Gasteiger partial charge is 0.866 e. The van der Waals surface area contributed by atoms with Crippen LogP contribution in [0.15, 0.2) is 121 Å². The number of rotatable bonds is 8. The van der Waals surface area contributed by atoms with E-state index in [0.29, 0.717) is 34.8 Å². The zero-order valence-electron chi connectivity index (χ0n) is 28.9. The molecule has 0 fully saturated rings. The number of amides is 1. The molecule has 4 aromatic rings. The summed E-state index contributed by atoms with van der Waals surface area (Å²) < 4.78 is 34.8. The van der Waals surface area contributed by atoms with E-state index in [1.54, 1.807) is 68.4 Å². The van der Waals surface area contributed by atoms with Gasteiger partial charge in [-0.1, -0.05) is 36.4 Å². The Balaban J connectivity index is 0.000000246. The van der Waals surface area contributed by atoms with Crippen LogP contribution >= 0.6 is 0 Å². The minimum Gasteiger partial charge on any atom is -0.866 e. The maximum absolute atomic E-state index is 12.5. The molecule has 0 unspecified atom stereocenters. The molecule has 1 amide bonds. The first-order chi connectivity index (χ1) is 26.0. The van der Waals surface area contributed by atoms with E-state index in [4.69, 9.17) is 0 Å². The van der Waals surface area contributed by atoms with E-state index >= 15 is 0 Å². The van der Waals surface area contributed by atoms with Gasteiger partial charge in [0, 0.05) is 17.7 Å². The molecule has 23 heteroatoms. The number of nitro groups is 1. The summed E-state index contributed by atoms with van der Waals surface area (Å²) in [4.78, 5) is 33.8. The van der Waals surface area contributed by atoms with Crippen molar-refractivity contribution in [3.05, 3.63) is 127 Å². The van der Waals surface area contributed by atoms with E-state index in [-0.39, 0.29) is 40.2 Å². The van der Waals surface area contributed by atoms with Gasteiger partial charge in [0.15, 0.2) is 5.71 Å². The molecule has 0 spiro atoms. The molecule has 56 heavy (non-hydrogen) atoms. The number of nitro benzene ring substituents is 1.